The summed E-state index contributed by atoms with van der Waals surface area (Å²) in [5.74, 6) is 0.0213. The third-order valence-electron chi connectivity index (χ3n) is 5.88. The average Bonchev–Trinajstić information content (AvgIpc) is 3.01. The van der Waals surface area contributed by atoms with Crippen molar-refractivity contribution in [3.8, 4) is 0 Å². The largest absolute Gasteiger partial charge is 0.416 e. The highest BCUT2D eigenvalue weighted by Crippen LogP contribution is 2.52. The molecule has 0 amide bonds. The van der Waals surface area contributed by atoms with Crippen LogP contribution in [0.2, 0.25) is 0 Å². The van der Waals surface area contributed by atoms with Crippen LogP contribution in [0.15, 0.2) is 41.6 Å². The number of benzene rings is 1. The van der Waals surface area contributed by atoms with E-state index in [4.69, 9.17) is 0 Å². The van der Waals surface area contributed by atoms with Crippen LogP contribution in [0.5, 0.6) is 0 Å². The number of H-pyrrole nitrogens is 1. The SMILES string of the molecule is CC1(C)CC(=O)C2=C(Cc3[nH]ncc3C2(C)c2cccc(C(F)(F)F)c2)C1. The van der Waals surface area contributed by atoms with Gasteiger partial charge < -0.3 is 0 Å². The Morgan fingerprint density at radius 2 is 1.89 bits per heavy atom. The summed E-state index contributed by atoms with van der Waals surface area (Å²) >= 11 is 0. The highest BCUT2D eigenvalue weighted by Gasteiger charge is 2.48. The Balaban J connectivity index is 1.97. The van der Waals surface area contributed by atoms with Crippen LogP contribution < -0.4 is 0 Å². The molecule has 2 aromatic rings. The summed E-state index contributed by atoms with van der Waals surface area (Å²) in [5, 5.41) is 7.11. The maximum absolute atomic E-state index is 13.3. The van der Waals surface area contributed by atoms with Crippen molar-refractivity contribution < 1.29 is 18.0 Å². The number of ketones is 1. The molecule has 142 valence electrons. The van der Waals surface area contributed by atoms with Crippen molar-refractivity contribution in [3.63, 3.8) is 0 Å². The number of alkyl halides is 3. The van der Waals surface area contributed by atoms with Gasteiger partial charge in [-0.3, -0.25) is 9.89 Å². The van der Waals surface area contributed by atoms with Crippen LogP contribution in [-0.4, -0.2) is 16.0 Å². The van der Waals surface area contributed by atoms with Crippen molar-refractivity contribution >= 4 is 5.78 Å². The van der Waals surface area contributed by atoms with Crippen LogP contribution in [0, 0.1) is 5.41 Å². The Kier molecular flexibility index (Phi) is 3.71. The third-order valence-corrected chi connectivity index (χ3v) is 5.88. The maximum atomic E-state index is 13.3. The fourth-order valence-electron chi connectivity index (χ4n) is 4.76. The highest BCUT2D eigenvalue weighted by atomic mass is 19.4. The van der Waals surface area contributed by atoms with Gasteiger partial charge in [-0.25, -0.2) is 0 Å². The molecule has 1 aromatic heterocycles. The van der Waals surface area contributed by atoms with Crippen LogP contribution in [0.25, 0.3) is 0 Å². The number of carbonyl (C=O) groups excluding carboxylic acids is 1. The molecule has 1 aromatic carbocycles. The molecule has 4 rings (SSSR count). The first-order valence-corrected chi connectivity index (χ1v) is 8.98. The third kappa shape index (κ3) is 2.73. The lowest BCUT2D eigenvalue weighted by atomic mass is 9.58. The molecule has 0 saturated carbocycles. The van der Waals surface area contributed by atoms with Crippen LogP contribution in [0.3, 0.4) is 0 Å². The second-order valence-electron chi connectivity index (χ2n) is 8.56. The molecule has 0 spiro atoms. The number of aromatic nitrogens is 2. The first kappa shape index (κ1) is 18.0. The smallest absolute Gasteiger partial charge is 0.294 e. The molecule has 2 aliphatic rings. The molecule has 0 saturated heterocycles. The van der Waals surface area contributed by atoms with Gasteiger partial charge in [0, 0.05) is 35.1 Å². The Bertz CT molecular complexity index is 968. The molecule has 2 aliphatic carbocycles. The highest BCUT2D eigenvalue weighted by molar-refractivity contribution is 6.01. The zero-order valence-electron chi connectivity index (χ0n) is 15.5. The number of aromatic amines is 1. The van der Waals surface area contributed by atoms with E-state index >= 15 is 0 Å². The van der Waals surface area contributed by atoms with E-state index in [1.807, 2.05) is 6.92 Å². The molecule has 27 heavy (non-hydrogen) atoms. The van der Waals surface area contributed by atoms with Crippen LogP contribution in [-0.2, 0) is 22.8 Å². The van der Waals surface area contributed by atoms with E-state index in [2.05, 4.69) is 24.0 Å². The zero-order chi connectivity index (χ0) is 19.6. The lowest BCUT2D eigenvalue weighted by Gasteiger charge is -2.43. The molecule has 0 radical (unpaired) electrons. The van der Waals surface area contributed by atoms with E-state index in [-0.39, 0.29) is 11.2 Å². The van der Waals surface area contributed by atoms with Crippen molar-refractivity contribution in [3.05, 3.63) is 64.0 Å². The van der Waals surface area contributed by atoms with Crippen molar-refractivity contribution in [1.82, 2.24) is 10.2 Å². The lowest BCUT2D eigenvalue weighted by molar-refractivity contribution is -0.137. The molecular formula is C21H21F3N2O. The first-order chi connectivity index (χ1) is 12.5. The lowest BCUT2D eigenvalue weighted by Crippen LogP contribution is -2.40. The number of hydrogen-bond acceptors (Lipinski definition) is 2. The maximum Gasteiger partial charge on any atom is 0.416 e. The van der Waals surface area contributed by atoms with Gasteiger partial charge in [0.15, 0.2) is 5.78 Å². The van der Waals surface area contributed by atoms with Gasteiger partial charge in [-0.2, -0.15) is 18.3 Å². The molecule has 1 unspecified atom stereocenters. The fraction of sp³-hybridized carbons (Fsp3) is 0.429. The number of rotatable bonds is 1. The van der Waals surface area contributed by atoms with Crippen molar-refractivity contribution in [1.29, 1.82) is 0 Å². The number of nitrogens with zero attached hydrogens (tertiary/aromatic N) is 1. The summed E-state index contributed by atoms with van der Waals surface area (Å²) in [6.45, 7) is 5.96. The van der Waals surface area contributed by atoms with Crippen molar-refractivity contribution in [2.24, 2.45) is 5.41 Å². The molecule has 1 heterocycles. The molecule has 6 heteroatoms. The summed E-state index contributed by atoms with van der Waals surface area (Å²) in [4.78, 5) is 13.1. The van der Waals surface area contributed by atoms with Crippen LogP contribution >= 0.6 is 0 Å². The normalized spacial score (nSPS) is 24.6. The predicted molar refractivity (Wildman–Crippen MR) is 95.2 cm³/mol. The van der Waals surface area contributed by atoms with E-state index in [0.29, 0.717) is 24.0 Å². The Morgan fingerprint density at radius 3 is 2.59 bits per heavy atom. The first-order valence-electron chi connectivity index (χ1n) is 8.98. The van der Waals surface area contributed by atoms with E-state index < -0.39 is 17.2 Å². The van der Waals surface area contributed by atoms with E-state index in [0.717, 1.165) is 29.3 Å². The minimum absolute atomic E-state index is 0.0213. The molecule has 3 nitrogen and oxygen atoms in total. The molecule has 1 atom stereocenters. The second-order valence-corrected chi connectivity index (χ2v) is 8.56. The number of fused-ring (bicyclic) bond motifs is 1. The zero-order valence-corrected chi connectivity index (χ0v) is 15.5. The minimum atomic E-state index is -4.43. The van der Waals surface area contributed by atoms with Gasteiger partial charge >= 0.3 is 6.18 Å². The second kappa shape index (κ2) is 5.57. The molecule has 0 bridgehead atoms. The van der Waals surface area contributed by atoms with E-state index in [9.17, 15) is 18.0 Å². The molecular weight excluding hydrogens is 353 g/mol. The average molecular weight is 374 g/mol. The number of carbonyl (C=O) groups is 1. The summed E-state index contributed by atoms with van der Waals surface area (Å²) in [6, 6.07) is 5.32. The van der Waals surface area contributed by atoms with Gasteiger partial charge in [-0.05, 0) is 30.4 Å². The molecule has 0 aliphatic heterocycles. The quantitative estimate of drug-likeness (QED) is 0.765. The van der Waals surface area contributed by atoms with Gasteiger partial charge in [-0.15, -0.1) is 0 Å². The van der Waals surface area contributed by atoms with Crippen molar-refractivity contribution in [2.75, 3.05) is 0 Å². The molecule has 1 N–H and O–H groups in total. The summed E-state index contributed by atoms with van der Waals surface area (Å²) in [6.07, 6.45) is -1.05. The summed E-state index contributed by atoms with van der Waals surface area (Å²) < 4.78 is 39.9. The number of nitrogens with one attached hydrogen (secondary N) is 1. The van der Waals surface area contributed by atoms with Gasteiger partial charge in [0.25, 0.3) is 0 Å². The summed E-state index contributed by atoms with van der Waals surface area (Å²) in [7, 11) is 0. The number of halogens is 3. The summed E-state index contributed by atoms with van der Waals surface area (Å²) in [5.41, 5.74) is 1.99. The number of hydrogen-bond donors (Lipinski definition) is 1. The number of Topliss-reactive ketones (excluding diaryl/α,β-unsaturated/α-hetero) is 1. The van der Waals surface area contributed by atoms with Gasteiger partial charge in [0.1, 0.15) is 0 Å². The van der Waals surface area contributed by atoms with Crippen LogP contribution in [0.4, 0.5) is 13.2 Å². The van der Waals surface area contributed by atoms with Crippen LogP contribution in [0.1, 0.15) is 56.0 Å². The standard InChI is InChI=1S/C21H21F3N2O/c1-19(2)9-12-7-16-15(11-25-26-16)20(3,18(12)17(27)10-19)13-5-4-6-14(8-13)21(22,23)24/h4-6,8,11H,7,9-10H2,1-3H3,(H,25,26). The Labute approximate surface area is 155 Å². The van der Waals surface area contributed by atoms with E-state index in [1.165, 1.54) is 12.1 Å². The minimum Gasteiger partial charge on any atom is -0.294 e. The van der Waals surface area contributed by atoms with Gasteiger partial charge in [0.05, 0.1) is 11.8 Å². The van der Waals surface area contributed by atoms with E-state index in [1.54, 1.807) is 12.3 Å². The monoisotopic (exact) mass is 374 g/mol. The topological polar surface area (TPSA) is 45.8 Å². The Hall–Kier alpha value is -2.37. The van der Waals surface area contributed by atoms with Crippen molar-refractivity contribution in [2.45, 2.75) is 51.6 Å². The number of allylic oxidation sites excluding steroid dienone is 2. The fourth-order valence-corrected chi connectivity index (χ4v) is 4.76. The van der Waals surface area contributed by atoms with Gasteiger partial charge in [0.2, 0.25) is 0 Å². The molecule has 0 fully saturated rings. The Morgan fingerprint density at radius 1 is 1.15 bits per heavy atom. The van der Waals surface area contributed by atoms with Gasteiger partial charge in [-0.1, -0.05) is 37.6 Å². The predicted octanol–water partition coefficient (Wildman–Crippen LogP) is 4.98.